The Hall–Kier alpha value is -4.32. The van der Waals surface area contributed by atoms with Crippen LogP contribution < -0.4 is 10.2 Å². The molecule has 1 aromatic carbocycles. The molecule has 2 aliphatic rings. The highest BCUT2D eigenvalue weighted by Gasteiger charge is 2.53. The lowest BCUT2D eigenvalue weighted by atomic mass is 10.0. The minimum absolute atomic E-state index is 0.0184. The van der Waals surface area contributed by atoms with Gasteiger partial charge in [0.15, 0.2) is 5.82 Å². The lowest BCUT2D eigenvalue weighted by molar-refractivity contribution is -0.118. The van der Waals surface area contributed by atoms with Gasteiger partial charge in [-0.15, -0.1) is 0 Å². The lowest BCUT2D eigenvalue weighted by Crippen LogP contribution is -2.29. The number of aryl methyl sites for hydroxylation is 2. The first-order chi connectivity index (χ1) is 20.0. The molecule has 1 saturated carbocycles. The number of rotatable bonds is 7. The molecule has 216 valence electrons. The molecule has 9 nitrogen and oxygen atoms in total. The first kappa shape index (κ1) is 27.8. The summed E-state index contributed by atoms with van der Waals surface area (Å²) in [6.07, 6.45) is 2.80. The van der Waals surface area contributed by atoms with Crippen LogP contribution in [0.4, 0.5) is 24.7 Å². The van der Waals surface area contributed by atoms with Crippen molar-refractivity contribution in [1.82, 2.24) is 25.0 Å². The fourth-order valence-electron chi connectivity index (χ4n) is 5.35. The van der Waals surface area contributed by atoms with Crippen molar-refractivity contribution < 1.29 is 22.8 Å². The third-order valence-electron chi connectivity index (χ3n) is 7.83. The van der Waals surface area contributed by atoms with Gasteiger partial charge in [-0.3, -0.25) is 19.2 Å². The Morgan fingerprint density at radius 1 is 1.17 bits per heavy atom. The second-order valence-electron chi connectivity index (χ2n) is 10.7. The van der Waals surface area contributed by atoms with Crippen molar-refractivity contribution in [2.24, 2.45) is 11.8 Å². The zero-order valence-electron chi connectivity index (χ0n) is 22.8. The number of pyridine rings is 1. The topological polar surface area (TPSA) is 106 Å². The average molecular weight is 596 g/mol. The number of benzene rings is 1. The van der Waals surface area contributed by atoms with E-state index in [2.05, 4.69) is 25.6 Å². The Morgan fingerprint density at radius 3 is 2.64 bits per heavy atom. The van der Waals surface area contributed by atoms with E-state index in [-0.39, 0.29) is 39.8 Å². The molecule has 1 saturated heterocycles. The normalized spacial score (nSPS) is 18.4. The molecule has 42 heavy (non-hydrogen) atoms. The van der Waals surface area contributed by atoms with E-state index in [4.69, 9.17) is 11.6 Å². The minimum Gasteiger partial charge on any atom is -0.319 e. The quantitative estimate of drug-likeness (QED) is 0.284. The van der Waals surface area contributed by atoms with E-state index < -0.39 is 29.3 Å². The van der Waals surface area contributed by atoms with Gasteiger partial charge in [-0.25, -0.2) is 18.2 Å². The summed E-state index contributed by atoms with van der Waals surface area (Å²) in [6, 6.07) is 4.99. The second kappa shape index (κ2) is 10.5. The van der Waals surface area contributed by atoms with Crippen molar-refractivity contribution in [3.63, 3.8) is 0 Å². The molecule has 2 fully saturated rings. The SMILES string of the molecule is Cc1cc(C(C)n2cc(NC(=O)c3cc(-c4c(C(F)F)ccc(Cl)c4F)nnc3C)cn2)cnc1N1C[C@H]2C[C@H]2C1=O. The van der Waals surface area contributed by atoms with Crippen molar-refractivity contribution in [2.75, 3.05) is 16.8 Å². The van der Waals surface area contributed by atoms with Crippen LogP contribution in [0.2, 0.25) is 5.02 Å². The van der Waals surface area contributed by atoms with E-state index in [9.17, 15) is 22.8 Å². The maximum absolute atomic E-state index is 14.8. The van der Waals surface area contributed by atoms with E-state index in [1.54, 1.807) is 22.0 Å². The highest BCUT2D eigenvalue weighted by Crippen LogP contribution is 2.47. The number of alkyl halides is 2. The van der Waals surface area contributed by atoms with Gasteiger partial charge < -0.3 is 5.32 Å². The van der Waals surface area contributed by atoms with Crippen molar-refractivity contribution >= 4 is 34.9 Å². The maximum atomic E-state index is 14.8. The molecule has 4 heterocycles. The number of nitrogens with zero attached hydrogens (tertiary/aromatic N) is 6. The monoisotopic (exact) mass is 595 g/mol. The zero-order valence-corrected chi connectivity index (χ0v) is 23.5. The second-order valence-corrected chi connectivity index (χ2v) is 11.1. The van der Waals surface area contributed by atoms with Gasteiger partial charge in [-0.1, -0.05) is 17.7 Å². The highest BCUT2D eigenvalue weighted by atomic mass is 35.5. The van der Waals surface area contributed by atoms with Crippen LogP contribution in [-0.4, -0.2) is 43.3 Å². The van der Waals surface area contributed by atoms with Gasteiger partial charge in [-0.05, 0) is 62.4 Å². The van der Waals surface area contributed by atoms with Gasteiger partial charge >= 0.3 is 0 Å². The molecular formula is C29H25ClF3N7O2. The summed E-state index contributed by atoms with van der Waals surface area (Å²) in [7, 11) is 0. The Kier molecular flexibility index (Phi) is 6.96. The highest BCUT2D eigenvalue weighted by molar-refractivity contribution is 6.31. The fraction of sp³-hybridized carbons (Fsp3) is 0.310. The molecule has 1 unspecified atom stereocenters. The number of hydrogen-bond acceptors (Lipinski definition) is 6. The van der Waals surface area contributed by atoms with E-state index in [1.807, 2.05) is 19.9 Å². The van der Waals surface area contributed by atoms with E-state index >= 15 is 0 Å². The van der Waals surface area contributed by atoms with Crippen LogP contribution >= 0.6 is 11.6 Å². The molecule has 0 radical (unpaired) electrons. The largest absolute Gasteiger partial charge is 0.319 e. The van der Waals surface area contributed by atoms with Crippen molar-refractivity contribution in [1.29, 1.82) is 0 Å². The number of hydrogen-bond donors (Lipinski definition) is 1. The number of aromatic nitrogens is 5. The van der Waals surface area contributed by atoms with Gasteiger partial charge in [0, 0.05) is 36.0 Å². The summed E-state index contributed by atoms with van der Waals surface area (Å²) in [6.45, 7) is 6.08. The molecule has 2 amide bonds. The van der Waals surface area contributed by atoms with Crippen LogP contribution in [-0.2, 0) is 4.79 Å². The predicted molar refractivity (Wildman–Crippen MR) is 149 cm³/mol. The Balaban J connectivity index is 1.20. The molecule has 1 aliphatic heterocycles. The summed E-state index contributed by atoms with van der Waals surface area (Å²) < 4.78 is 43.7. The summed E-state index contributed by atoms with van der Waals surface area (Å²) in [5.74, 6) is -0.267. The molecule has 3 atom stereocenters. The van der Waals surface area contributed by atoms with Crippen LogP contribution in [0.15, 0.2) is 42.9 Å². The smallest absolute Gasteiger partial charge is 0.264 e. The summed E-state index contributed by atoms with van der Waals surface area (Å²) in [5, 5.41) is 14.5. The molecule has 4 aromatic rings. The molecular weight excluding hydrogens is 571 g/mol. The number of fused-ring (bicyclic) bond motifs is 1. The van der Waals surface area contributed by atoms with Gasteiger partial charge in [0.2, 0.25) is 5.91 Å². The molecule has 0 bridgehead atoms. The van der Waals surface area contributed by atoms with Crippen molar-refractivity contribution in [2.45, 2.75) is 39.7 Å². The molecule has 6 rings (SSSR count). The Morgan fingerprint density at radius 2 is 1.95 bits per heavy atom. The number of carbonyl (C=O) groups is 2. The van der Waals surface area contributed by atoms with E-state index in [0.29, 0.717) is 24.0 Å². The average Bonchev–Trinajstić information content (AvgIpc) is 3.46. The number of carbonyl (C=O) groups excluding carboxylic acids is 2. The predicted octanol–water partition coefficient (Wildman–Crippen LogP) is 5.93. The fourth-order valence-corrected chi connectivity index (χ4v) is 5.50. The number of piperidine rings is 1. The van der Waals surface area contributed by atoms with Crippen LogP contribution in [0.1, 0.15) is 58.6 Å². The molecule has 3 aromatic heterocycles. The molecule has 1 aliphatic carbocycles. The molecule has 1 N–H and O–H groups in total. The third-order valence-corrected chi connectivity index (χ3v) is 8.12. The van der Waals surface area contributed by atoms with Crippen LogP contribution in [0.25, 0.3) is 11.3 Å². The molecule has 0 spiro atoms. The summed E-state index contributed by atoms with van der Waals surface area (Å²) in [4.78, 5) is 32.0. The van der Waals surface area contributed by atoms with Crippen molar-refractivity contribution in [3.05, 3.63) is 81.6 Å². The van der Waals surface area contributed by atoms with Gasteiger partial charge in [0.1, 0.15) is 5.82 Å². The van der Waals surface area contributed by atoms with Gasteiger partial charge in [0.25, 0.3) is 12.3 Å². The number of nitrogens with one attached hydrogen (secondary N) is 1. The third kappa shape index (κ3) is 4.89. The lowest BCUT2D eigenvalue weighted by Gasteiger charge is -2.21. The first-order valence-corrected chi connectivity index (χ1v) is 13.7. The van der Waals surface area contributed by atoms with Crippen LogP contribution in [0.3, 0.4) is 0 Å². The van der Waals surface area contributed by atoms with Gasteiger partial charge in [0.05, 0.1) is 39.9 Å². The minimum atomic E-state index is -3.00. The Bertz CT molecular complexity index is 1740. The van der Waals surface area contributed by atoms with Crippen LogP contribution in [0.5, 0.6) is 0 Å². The first-order valence-electron chi connectivity index (χ1n) is 13.3. The molecule has 13 heteroatoms. The summed E-state index contributed by atoms with van der Waals surface area (Å²) >= 11 is 5.84. The maximum Gasteiger partial charge on any atom is 0.264 e. The van der Waals surface area contributed by atoms with Crippen molar-refractivity contribution in [3.8, 4) is 11.3 Å². The Labute approximate surface area is 243 Å². The van der Waals surface area contributed by atoms with Crippen LogP contribution in [0, 0.1) is 31.5 Å². The number of amides is 2. The zero-order chi connectivity index (χ0) is 29.9. The number of anilines is 2. The summed E-state index contributed by atoms with van der Waals surface area (Å²) in [5.41, 5.74) is 0.987. The number of halogens is 4. The van der Waals surface area contributed by atoms with E-state index in [0.717, 1.165) is 29.7 Å². The standard InChI is InChI=1S/C29H25ClF3N7O2/c1-13-6-16(9-34-27(13)39-11-17-7-21(17)29(39)42)15(3)40-12-18(10-35-40)36-28(41)20-8-23(38-37-14(20)2)24-19(26(32)33)4-5-22(30)25(24)31/h4-6,8-10,12,15,17,21,26H,7,11H2,1-3H3,(H,36,41)/t15?,17-,21-/m1/s1. The van der Waals surface area contributed by atoms with Gasteiger partial charge in [-0.2, -0.15) is 15.3 Å². The van der Waals surface area contributed by atoms with E-state index in [1.165, 1.54) is 19.2 Å².